The molecule has 0 bridgehead atoms. The lowest BCUT2D eigenvalue weighted by atomic mass is 10.3. The van der Waals surface area contributed by atoms with Crippen molar-refractivity contribution in [2.75, 3.05) is 31.2 Å². The van der Waals surface area contributed by atoms with E-state index in [0.29, 0.717) is 6.04 Å². The zero-order valence-corrected chi connectivity index (χ0v) is 10.5. The molecule has 5 heteroatoms. The van der Waals surface area contributed by atoms with Crippen LogP contribution < -0.4 is 10.2 Å². The molecule has 0 saturated carbocycles. The maximum atomic E-state index is 5.31. The molecule has 1 aromatic rings. The Labute approximate surface area is 102 Å². The third-order valence-corrected chi connectivity index (χ3v) is 2.73. The Bertz CT molecular complexity index is 333. The van der Waals surface area contributed by atoms with Gasteiger partial charge in [0.15, 0.2) is 5.82 Å². The standard InChI is InChI=1S/C12H20N4O/c1-10(2)13-9-11-3-4-12(15-14-11)16-5-7-17-8-6-16/h3-4,10,13H,5-9H2,1-2H3. The van der Waals surface area contributed by atoms with Gasteiger partial charge in [0.25, 0.3) is 0 Å². The van der Waals surface area contributed by atoms with Crippen molar-refractivity contribution in [3.63, 3.8) is 0 Å². The van der Waals surface area contributed by atoms with Crippen LogP contribution >= 0.6 is 0 Å². The van der Waals surface area contributed by atoms with Gasteiger partial charge in [0.05, 0.1) is 18.9 Å². The summed E-state index contributed by atoms with van der Waals surface area (Å²) in [6.07, 6.45) is 0. The molecule has 0 radical (unpaired) electrons. The van der Waals surface area contributed by atoms with Crippen molar-refractivity contribution in [2.24, 2.45) is 0 Å². The van der Waals surface area contributed by atoms with Gasteiger partial charge in [-0.2, -0.15) is 5.10 Å². The summed E-state index contributed by atoms with van der Waals surface area (Å²) < 4.78 is 5.31. The second kappa shape index (κ2) is 5.93. The van der Waals surface area contributed by atoms with Crippen LogP contribution in [-0.2, 0) is 11.3 Å². The molecule has 1 aromatic heterocycles. The minimum Gasteiger partial charge on any atom is -0.378 e. The van der Waals surface area contributed by atoms with E-state index < -0.39 is 0 Å². The van der Waals surface area contributed by atoms with Crippen LogP contribution in [0.15, 0.2) is 12.1 Å². The van der Waals surface area contributed by atoms with E-state index in [4.69, 9.17) is 4.74 Å². The number of nitrogens with zero attached hydrogens (tertiary/aromatic N) is 3. The molecule has 2 rings (SSSR count). The second-order valence-corrected chi connectivity index (χ2v) is 4.52. The smallest absolute Gasteiger partial charge is 0.151 e. The number of hydrogen-bond acceptors (Lipinski definition) is 5. The molecule has 94 valence electrons. The first kappa shape index (κ1) is 12.3. The summed E-state index contributed by atoms with van der Waals surface area (Å²) in [6, 6.07) is 4.54. The van der Waals surface area contributed by atoms with Crippen LogP contribution in [0.5, 0.6) is 0 Å². The van der Waals surface area contributed by atoms with Crippen LogP contribution in [0.2, 0.25) is 0 Å². The Morgan fingerprint density at radius 1 is 1.29 bits per heavy atom. The van der Waals surface area contributed by atoms with Gasteiger partial charge in [0.1, 0.15) is 0 Å². The summed E-state index contributed by atoms with van der Waals surface area (Å²) in [7, 11) is 0. The van der Waals surface area contributed by atoms with Gasteiger partial charge in [-0.3, -0.25) is 0 Å². The molecule has 5 nitrogen and oxygen atoms in total. The van der Waals surface area contributed by atoms with E-state index >= 15 is 0 Å². The van der Waals surface area contributed by atoms with Crippen molar-refractivity contribution >= 4 is 5.82 Å². The zero-order valence-electron chi connectivity index (χ0n) is 10.5. The number of rotatable bonds is 4. The van der Waals surface area contributed by atoms with E-state index in [2.05, 4.69) is 34.3 Å². The molecule has 1 N–H and O–H groups in total. The Kier molecular flexibility index (Phi) is 4.28. The predicted octanol–water partition coefficient (Wildman–Crippen LogP) is 0.811. The van der Waals surface area contributed by atoms with E-state index in [9.17, 15) is 0 Å². The predicted molar refractivity (Wildman–Crippen MR) is 67.0 cm³/mol. The van der Waals surface area contributed by atoms with Gasteiger partial charge < -0.3 is 15.0 Å². The highest BCUT2D eigenvalue weighted by molar-refractivity contribution is 5.37. The average Bonchev–Trinajstić information content (AvgIpc) is 2.38. The molecular formula is C12H20N4O. The van der Waals surface area contributed by atoms with Crippen molar-refractivity contribution in [2.45, 2.75) is 26.4 Å². The molecule has 0 aliphatic carbocycles. The lowest BCUT2D eigenvalue weighted by molar-refractivity contribution is 0.122. The molecule has 17 heavy (non-hydrogen) atoms. The summed E-state index contributed by atoms with van der Waals surface area (Å²) in [5, 5.41) is 11.8. The lowest BCUT2D eigenvalue weighted by Crippen LogP contribution is -2.36. The second-order valence-electron chi connectivity index (χ2n) is 4.52. The first-order valence-corrected chi connectivity index (χ1v) is 6.14. The molecule has 0 spiro atoms. The third-order valence-electron chi connectivity index (χ3n) is 2.73. The van der Waals surface area contributed by atoms with Crippen LogP contribution in [0.25, 0.3) is 0 Å². The van der Waals surface area contributed by atoms with Crippen LogP contribution in [0, 0.1) is 0 Å². The van der Waals surface area contributed by atoms with Gasteiger partial charge in [-0.05, 0) is 12.1 Å². The number of aromatic nitrogens is 2. The molecule has 2 heterocycles. The Morgan fingerprint density at radius 2 is 2.06 bits per heavy atom. The summed E-state index contributed by atoms with van der Waals surface area (Å²) in [5.74, 6) is 0.946. The fraction of sp³-hybridized carbons (Fsp3) is 0.667. The van der Waals surface area contributed by atoms with Crippen LogP contribution in [-0.4, -0.2) is 42.5 Å². The SMILES string of the molecule is CC(C)NCc1ccc(N2CCOCC2)nn1. The average molecular weight is 236 g/mol. The van der Waals surface area contributed by atoms with Crippen LogP contribution in [0.3, 0.4) is 0 Å². The Hall–Kier alpha value is -1.20. The molecule has 1 aliphatic heterocycles. The zero-order chi connectivity index (χ0) is 12.1. The fourth-order valence-corrected chi connectivity index (χ4v) is 1.72. The molecule has 0 atom stereocenters. The van der Waals surface area contributed by atoms with E-state index in [1.807, 2.05) is 12.1 Å². The highest BCUT2D eigenvalue weighted by Gasteiger charge is 2.12. The minimum absolute atomic E-state index is 0.468. The lowest BCUT2D eigenvalue weighted by Gasteiger charge is -2.27. The maximum absolute atomic E-state index is 5.31. The number of hydrogen-bond donors (Lipinski definition) is 1. The van der Waals surface area contributed by atoms with E-state index in [1.165, 1.54) is 0 Å². The van der Waals surface area contributed by atoms with Gasteiger partial charge in [-0.25, -0.2) is 0 Å². The number of morpholine rings is 1. The first-order chi connectivity index (χ1) is 8.25. The quantitative estimate of drug-likeness (QED) is 0.838. The van der Waals surface area contributed by atoms with Crippen molar-refractivity contribution in [3.8, 4) is 0 Å². The topological polar surface area (TPSA) is 50.3 Å². The first-order valence-electron chi connectivity index (χ1n) is 6.14. The number of nitrogens with one attached hydrogen (secondary N) is 1. The maximum Gasteiger partial charge on any atom is 0.151 e. The van der Waals surface area contributed by atoms with E-state index in [0.717, 1.165) is 44.4 Å². The molecule has 0 aromatic carbocycles. The van der Waals surface area contributed by atoms with Gasteiger partial charge >= 0.3 is 0 Å². The van der Waals surface area contributed by atoms with Crippen molar-refractivity contribution in [1.29, 1.82) is 0 Å². The molecule has 1 aliphatic rings. The summed E-state index contributed by atoms with van der Waals surface area (Å²) >= 11 is 0. The van der Waals surface area contributed by atoms with Gasteiger partial charge in [0.2, 0.25) is 0 Å². The van der Waals surface area contributed by atoms with Crippen molar-refractivity contribution in [3.05, 3.63) is 17.8 Å². The Morgan fingerprint density at radius 3 is 2.65 bits per heavy atom. The molecular weight excluding hydrogens is 216 g/mol. The Balaban J connectivity index is 1.92. The highest BCUT2D eigenvalue weighted by Crippen LogP contribution is 2.11. The van der Waals surface area contributed by atoms with Crippen molar-refractivity contribution < 1.29 is 4.74 Å². The summed E-state index contributed by atoms with van der Waals surface area (Å²) in [4.78, 5) is 2.20. The molecule has 0 amide bonds. The van der Waals surface area contributed by atoms with E-state index in [-0.39, 0.29) is 0 Å². The molecule has 1 fully saturated rings. The van der Waals surface area contributed by atoms with Crippen LogP contribution in [0.1, 0.15) is 19.5 Å². The number of anilines is 1. The van der Waals surface area contributed by atoms with Gasteiger partial charge in [-0.15, -0.1) is 5.10 Å². The van der Waals surface area contributed by atoms with Gasteiger partial charge in [0, 0.05) is 25.7 Å². The minimum atomic E-state index is 0.468. The number of ether oxygens (including phenoxy) is 1. The molecule has 0 unspecified atom stereocenters. The highest BCUT2D eigenvalue weighted by atomic mass is 16.5. The van der Waals surface area contributed by atoms with E-state index in [1.54, 1.807) is 0 Å². The summed E-state index contributed by atoms with van der Waals surface area (Å²) in [6.45, 7) is 8.37. The van der Waals surface area contributed by atoms with Crippen LogP contribution in [0.4, 0.5) is 5.82 Å². The monoisotopic (exact) mass is 236 g/mol. The van der Waals surface area contributed by atoms with Crippen molar-refractivity contribution in [1.82, 2.24) is 15.5 Å². The molecule has 1 saturated heterocycles. The third kappa shape index (κ3) is 3.64. The largest absolute Gasteiger partial charge is 0.378 e. The normalized spacial score (nSPS) is 16.5. The fourth-order valence-electron chi connectivity index (χ4n) is 1.72. The summed E-state index contributed by atoms with van der Waals surface area (Å²) in [5.41, 5.74) is 0.982. The van der Waals surface area contributed by atoms with Gasteiger partial charge in [-0.1, -0.05) is 13.8 Å².